The largest absolute Gasteiger partial charge is 0.0900 e. The van der Waals surface area contributed by atoms with Gasteiger partial charge in [-0.05, 0) is 52.1 Å². The molecule has 47 heavy (non-hydrogen) atoms. The SMILES string of the molecule is CC1SSC(C)(C(c2ccccc2)(c2ccccc2)c2ccccc2)C(C)C1C(c1ccccc1)(c1ccccc1)c1ccccc1. The topological polar surface area (TPSA) is 0 Å². The molecule has 1 fully saturated rings. The summed E-state index contributed by atoms with van der Waals surface area (Å²) in [6.07, 6.45) is 0. The van der Waals surface area contributed by atoms with E-state index in [0.29, 0.717) is 5.25 Å². The van der Waals surface area contributed by atoms with Crippen LogP contribution in [0.25, 0.3) is 0 Å². The Labute approximate surface area is 289 Å². The average molecular weight is 647 g/mol. The Morgan fingerprint density at radius 3 is 1.00 bits per heavy atom. The smallest absolute Gasteiger partial charge is 0.0606 e. The van der Waals surface area contributed by atoms with Crippen molar-refractivity contribution in [3.05, 3.63) is 215 Å². The van der Waals surface area contributed by atoms with Crippen molar-refractivity contribution < 1.29 is 0 Å². The number of rotatable bonds is 8. The summed E-state index contributed by atoms with van der Waals surface area (Å²) in [6.45, 7) is 7.59. The van der Waals surface area contributed by atoms with Gasteiger partial charge < -0.3 is 0 Å². The first-order chi connectivity index (χ1) is 23.0. The van der Waals surface area contributed by atoms with Gasteiger partial charge in [-0.2, -0.15) is 0 Å². The average Bonchev–Trinajstić information content (AvgIpc) is 3.15. The van der Waals surface area contributed by atoms with Gasteiger partial charge in [0.05, 0.1) is 5.41 Å². The van der Waals surface area contributed by atoms with Crippen molar-refractivity contribution in [1.29, 1.82) is 0 Å². The summed E-state index contributed by atoms with van der Waals surface area (Å²) in [6, 6.07) is 67.8. The van der Waals surface area contributed by atoms with Crippen molar-refractivity contribution in [1.82, 2.24) is 0 Å². The minimum absolute atomic E-state index is 0.251. The van der Waals surface area contributed by atoms with E-state index in [1.807, 2.05) is 0 Å². The molecule has 0 bridgehead atoms. The van der Waals surface area contributed by atoms with Crippen molar-refractivity contribution in [3.8, 4) is 0 Å². The molecule has 234 valence electrons. The van der Waals surface area contributed by atoms with Crippen LogP contribution in [0.5, 0.6) is 0 Å². The third kappa shape index (κ3) is 5.09. The Hall–Kier alpha value is -3.98. The molecule has 0 saturated carbocycles. The van der Waals surface area contributed by atoms with E-state index in [9.17, 15) is 0 Å². The van der Waals surface area contributed by atoms with Crippen molar-refractivity contribution in [2.75, 3.05) is 0 Å². The number of benzene rings is 6. The van der Waals surface area contributed by atoms with Gasteiger partial charge in [0.25, 0.3) is 0 Å². The van der Waals surface area contributed by atoms with Crippen LogP contribution in [0.15, 0.2) is 182 Å². The third-order valence-electron chi connectivity index (χ3n) is 10.8. The molecule has 1 aliphatic rings. The molecule has 0 spiro atoms. The Balaban J connectivity index is 1.58. The lowest BCUT2D eigenvalue weighted by Crippen LogP contribution is -2.60. The molecule has 2 heteroatoms. The summed E-state index contributed by atoms with van der Waals surface area (Å²) in [4.78, 5) is 0. The summed E-state index contributed by atoms with van der Waals surface area (Å²) >= 11 is 0. The van der Waals surface area contributed by atoms with Gasteiger partial charge in [0.15, 0.2) is 0 Å². The maximum Gasteiger partial charge on any atom is 0.0606 e. The van der Waals surface area contributed by atoms with Gasteiger partial charge in [0.1, 0.15) is 0 Å². The zero-order valence-corrected chi connectivity index (χ0v) is 29.0. The first-order valence-corrected chi connectivity index (χ1v) is 18.9. The van der Waals surface area contributed by atoms with E-state index < -0.39 is 5.41 Å². The van der Waals surface area contributed by atoms with Gasteiger partial charge in [-0.15, -0.1) is 0 Å². The highest BCUT2D eigenvalue weighted by atomic mass is 33.1. The third-order valence-corrected chi connectivity index (χ3v) is 14.8. The van der Waals surface area contributed by atoms with Crippen LogP contribution in [-0.2, 0) is 10.8 Å². The first-order valence-electron chi connectivity index (χ1n) is 16.7. The quantitative estimate of drug-likeness (QED) is 0.119. The van der Waals surface area contributed by atoms with Crippen molar-refractivity contribution in [2.24, 2.45) is 11.8 Å². The van der Waals surface area contributed by atoms with E-state index >= 15 is 0 Å². The lowest BCUT2D eigenvalue weighted by Gasteiger charge is -2.61. The zero-order valence-electron chi connectivity index (χ0n) is 27.4. The molecule has 0 aromatic heterocycles. The van der Waals surface area contributed by atoms with Crippen LogP contribution in [0, 0.1) is 11.8 Å². The second-order valence-electron chi connectivity index (χ2n) is 13.1. The predicted octanol–water partition coefficient (Wildman–Crippen LogP) is 11.9. The van der Waals surface area contributed by atoms with Crippen LogP contribution in [0.2, 0.25) is 0 Å². The predicted molar refractivity (Wildman–Crippen MR) is 204 cm³/mol. The summed E-state index contributed by atoms with van der Waals surface area (Å²) in [5.74, 6) is 0.506. The highest BCUT2D eigenvalue weighted by molar-refractivity contribution is 8.77. The molecule has 0 N–H and O–H groups in total. The molecule has 7 rings (SSSR count). The fourth-order valence-corrected chi connectivity index (χ4v) is 12.7. The first kappa shape index (κ1) is 31.6. The van der Waals surface area contributed by atoms with Crippen LogP contribution >= 0.6 is 21.6 Å². The van der Waals surface area contributed by atoms with E-state index in [1.54, 1.807) is 0 Å². The van der Waals surface area contributed by atoms with Crippen molar-refractivity contribution >= 4 is 21.6 Å². The summed E-state index contributed by atoms with van der Waals surface area (Å²) < 4.78 is -0.261. The molecule has 0 amide bonds. The van der Waals surface area contributed by atoms with E-state index in [2.05, 4.69) is 224 Å². The van der Waals surface area contributed by atoms with Gasteiger partial charge in [-0.1, -0.05) is 217 Å². The van der Waals surface area contributed by atoms with Crippen molar-refractivity contribution in [3.63, 3.8) is 0 Å². The molecule has 1 saturated heterocycles. The van der Waals surface area contributed by atoms with Gasteiger partial charge in [-0.25, -0.2) is 0 Å². The highest BCUT2D eigenvalue weighted by Crippen LogP contribution is 2.68. The van der Waals surface area contributed by atoms with E-state index in [4.69, 9.17) is 0 Å². The molecule has 4 unspecified atom stereocenters. The monoisotopic (exact) mass is 646 g/mol. The van der Waals surface area contributed by atoms with Crippen LogP contribution < -0.4 is 0 Å². The lowest BCUT2D eigenvalue weighted by molar-refractivity contribution is 0.184. The normalized spacial score (nSPS) is 21.6. The van der Waals surface area contributed by atoms with Gasteiger partial charge in [0.2, 0.25) is 0 Å². The molecule has 0 aliphatic carbocycles. The van der Waals surface area contributed by atoms with E-state index in [1.165, 1.54) is 33.4 Å². The molecule has 6 aromatic rings. The molecule has 4 atom stereocenters. The van der Waals surface area contributed by atoms with Crippen LogP contribution in [0.1, 0.15) is 54.2 Å². The van der Waals surface area contributed by atoms with Gasteiger partial charge in [0, 0.05) is 15.4 Å². The minimum atomic E-state index is -0.429. The van der Waals surface area contributed by atoms with Crippen LogP contribution in [-0.4, -0.2) is 10.00 Å². The summed E-state index contributed by atoms with van der Waals surface area (Å²) in [5, 5.41) is 0.365. The fourth-order valence-electron chi connectivity index (χ4n) is 8.80. The molecule has 0 radical (unpaired) electrons. The molecule has 6 aromatic carbocycles. The van der Waals surface area contributed by atoms with Crippen LogP contribution in [0.4, 0.5) is 0 Å². The molecular formula is C45H42S2. The van der Waals surface area contributed by atoms with Crippen LogP contribution in [0.3, 0.4) is 0 Å². The standard InChI is InChI=1S/C45H42S2/c1-34-42(44(36-22-10-4-11-23-36,37-24-12-5-13-25-37)38-26-14-6-15-27-38)35(2)46-47-43(34,3)45(39-28-16-7-17-29-39,40-30-18-8-19-31-40)41-32-20-9-21-33-41/h4-35,42H,1-3H3. The zero-order chi connectivity index (χ0) is 32.3. The van der Waals surface area contributed by atoms with Gasteiger partial charge in [-0.3, -0.25) is 0 Å². The molecule has 1 heterocycles. The maximum atomic E-state index is 2.56. The lowest BCUT2D eigenvalue weighted by atomic mass is 9.51. The summed E-state index contributed by atoms with van der Waals surface area (Å²) in [5.41, 5.74) is 7.23. The van der Waals surface area contributed by atoms with Crippen molar-refractivity contribution in [2.45, 2.75) is 41.6 Å². The Kier molecular flexibility index (Phi) is 8.92. The van der Waals surface area contributed by atoms with E-state index in [-0.39, 0.29) is 22.0 Å². The van der Waals surface area contributed by atoms with Gasteiger partial charge >= 0.3 is 0 Å². The Bertz CT molecular complexity index is 1660. The maximum absolute atomic E-state index is 2.56. The number of hydrogen-bond acceptors (Lipinski definition) is 2. The number of hydrogen-bond donors (Lipinski definition) is 0. The molecular weight excluding hydrogens is 605 g/mol. The highest BCUT2D eigenvalue weighted by Gasteiger charge is 2.63. The Morgan fingerprint density at radius 2 is 0.702 bits per heavy atom. The fraction of sp³-hybridized carbons (Fsp3) is 0.200. The second kappa shape index (κ2) is 13.3. The molecule has 0 nitrogen and oxygen atoms in total. The van der Waals surface area contributed by atoms with E-state index in [0.717, 1.165) is 0 Å². The summed E-state index contributed by atoms with van der Waals surface area (Å²) in [7, 11) is 4.17. The Morgan fingerprint density at radius 1 is 0.426 bits per heavy atom. The minimum Gasteiger partial charge on any atom is -0.0900 e. The molecule has 1 aliphatic heterocycles. The second-order valence-corrected chi connectivity index (χ2v) is 16.1.